The number of ketones is 1. The first-order valence-corrected chi connectivity index (χ1v) is 15.4. The summed E-state index contributed by atoms with van der Waals surface area (Å²) in [5.74, 6) is 4.11. The molecule has 0 spiro atoms. The van der Waals surface area contributed by atoms with Crippen LogP contribution in [-0.2, 0) is 14.3 Å². The van der Waals surface area contributed by atoms with Crippen molar-refractivity contribution in [2.24, 2.45) is 52.3 Å². The highest BCUT2D eigenvalue weighted by Gasteiger charge is 2.71. The molecule has 10 atom stereocenters. The molecule has 5 aliphatic rings. The molecule has 0 aromatic carbocycles. The van der Waals surface area contributed by atoms with E-state index in [-0.39, 0.29) is 17.1 Å². The molecule has 0 aromatic heterocycles. The van der Waals surface area contributed by atoms with Crippen molar-refractivity contribution in [2.75, 3.05) is 13.2 Å². The minimum absolute atomic E-state index is 0.0814. The first-order chi connectivity index (χ1) is 17.2. The number of rotatable bonds is 7. The molecule has 4 aliphatic carbocycles. The Morgan fingerprint density at radius 3 is 2.28 bits per heavy atom. The molecule has 4 heteroatoms. The van der Waals surface area contributed by atoms with Crippen LogP contribution in [0.3, 0.4) is 0 Å². The lowest BCUT2D eigenvalue weighted by atomic mass is 9.41. The standard InChI is InChI=1S/C32H52O4/c1-7-21-22(8-2)28-25(30(5)14-11-20(33)19-26(21)30)12-15-31(6)29(28)23(9-3)24(10-4)32(31,34)16-13-27-35-17-18-36-27/h19,21-25,27-29,34H,7-18H2,1-6H3/t21?,22?,23?,24?,25-,28-,29+,30-,31+,32?/m1/s1. The molecule has 0 amide bonds. The highest BCUT2D eigenvalue weighted by molar-refractivity contribution is 5.91. The Bertz CT molecular complexity index is 860. The summed E-state index contributed by atoms with van der Waals surface area (Å²) in [4.78, 5) is 12.6. The van der Waals surface area contributed by atoms with E-state index >= 15 is 0 Å². The van der Waals surface area contributed by atoms with Gasteiger partial charge in [0.25, 0.3) is 0 Å². The van der Waals surface area contributed by atoms with E-state index in [0.29, 0.717) is 66.8 Å². The number of aliphatic hydroxyl groups is 1. The van der Waals surface area contributed by atoms with Gasteiger partial charge in [0.15, 0.2) is 12.1 Å². The monoisotopic (exact) mass is 500 g/mol. The normalized spacial score (nSPS) is 48.9. The summed E-state index contributed by atoms with van der Waals surface area (Å²) in [5, 5.41) is 12.8. The number of hydrogen-bond acceptors (Lipinski definition) is 4. The second-order valence-corrected chi connectivity index (χ2v) is 13.5. The maximum Gasteiger partial charge on any atom is 0.157 e. The molecule has 1 aliphatic heterocycles. The smallest absolute Gasteiger partial charge is 0.157 e. The molecule has 5 unspecified atom stereocenters. The quantitative estimate of drug-likeness (QED) is 0.411. The molecule has 36 heavy (non-hydrogen) atoms. The van der Waals surface area contributed by atoms with Gasteiger partial charge < -0.3 is 14.6 Å². The van der Waals surface area contributed by atoms with Crippen molar-refractivity contribution in [3.63, 3.8) is 0 Å². The lowest BCUT2D eigenvalue weighted by Gasteiger charge is -2.64. The molecule has 5 rings (SSSR count). The van der Waals surface area contributed by atoms with Gasteiger partial charge >= 0.3 is 0 Å². The maximum atomic E-state index is 12.8. The van der Waals surface area contributed by atoms with Gasteiger partial charge in [0.05, 0.1) is 18.8 Å². The summed E-state index contributed by atoms with van der Waals surface area (Å²) < 4.78 is 11.6. The summed E-state index contributed by atoms with van der Waals surface area (Å²) in [5.41, 5.74) is 0.870. The van der Waals surface area contributed by atoms with Crippen LogP contribution in [0.15, 0.2) is 11.6 Å². The number of hydrogen-bond donors (Lipinski definition) is 1. The van der Waals surface area contributed by atoms with Gasteiger partial charge in [-0.05, 0) is 90.4 Å². The van der Waals surface area contributed by atoms with Gasteiger partial charge in [-0.25, -0.2) is 0 Å². The molecule has 1 heterocycles. The van der Waals surface area contributed by atoms with Crippen LogP contribution in [0.4, 0.5) is 0 Å². The van der Waals surface area contributed by atoms with E-state index in [9.17, 15) is 9.90 Å². The highest BCUT2D eigenvalue weighted by Crippen LogP contribution is 2.73. The second kappa shape index (κ2) is 9.79. The van der Waals surface area contributed by atoms with E-state index in [1.807, 2.05) is 0 Å². The SMILES string of the molecule is CCC1C2=CC(=O)CC[C@]2(C)[C@@H]2CC[C@@]3(C)[C@@H](C(CC)C(CC)C3(O)CCC3OCCO3)[C@@H]2C1CC. The lowest BCUT2D eigenvalue weighted by molar-refractivity contribution is -0.168. The molecular weight excluding hydrogens is 448 g/mol. The predicted molar refractivity (Wildman–Crippen MR) is 143 cm³/mol. The Labute approximate surface area is 220 Å². The van der Waals surface area contributed by atoms with Gasteiger partial charge in [-0.2, -0.15) is 0 Å². The number of carbonyl (C=O) groups is 1. The molecular formula is C32H52O4. The Balaban J connectivity index is 1.58. The van der Waals surface area contributed by atoms with Gasteiger partial charge in [-0.15, -0.1) is 0 Å². The maximum absolute atomic E-state index is 12.8. The summed E-state index contributed by atoms with van der Waals surface area (Å²) >= 11 is 0. The topological polar surface area (TPSA) is 55.8 Å². The van der Waals surface area contributed by atoms with E-state index in [1.54, 1.807) is 0 Å². The van der Waals surface area contributed by atoms with E-state index < -0.39 is 5.60 Å². The Hall–Kier alpha value is -0.710. The van der Waals surface area contributed by atoms with Crippen LogP contribution in [0.5, 0.6) is 0 Å². The van der Waals surface area contributed by atoms with Crippen molar-refractivity contribution in [1.29, 1.82) is 0 Å². The zero-order chi connectivity index (χ0) is 25.9. The zero-order valence-corrected chi connectivity index (χ0v) is 23.9. The van der Waals surface area contributed by atoms with Crippen LogP contribution in [0.25, 0.3) is 0 Å². The molecule has 1 N–H and O–H groups in total. The molecule has 0 radical (unpaired) electrons. The number of carbonyl (C=O) groups excluding carboxylic acids is 1. The van der Waals surface area contributed by atoms with E-state index in [4.69, 9.17) is 9.47 Å². The zero-order valence-electron chi connectivity index (χ0n) is 23.9. The van der Waals surface area contributed by atoms with Crippen LogP contribution in [0, 0.1) is 52.3 Å². The van der Waals surface area contributed by atoms with Crippen LogP contribution in [0.1, 0.15) is 106 Å². The molecule has 0 bridgehead atoms. The number of fused-ring (bicyclic) bond motifs is 5. The average Bonchev–Trinajstić information content (AvgIpc) is 3.45. The third-order valence-corrected chi connectivity index (χ3v) is 12.5. The van der Waals surface area contributed by atoms with Crippen molar-refractivity contribution in [3.8, 4) is 0 Å². The third-order valence-electron chi connectivity index (χ3n) is 12.5. The number of ether oxygens (including phenoxy) is 2. The minimum atomic E-state index is -0.674. The van der Waals surface area contributed by atoms with Crippen molar-refractivity contribution in [3.05, 3.63) is 11.6 Å². The van der Waals surface area contributed by atoms with Crippen LogP contribution >= 0.6 is 0 Å². The Morgan fingerprint density at radius 1 is 0.972 bits per heavy atom. The van der Waals surface area contributed by atoms with Gasteiger partial charge in [0.2, 0.25) is 0 Å². The van der Waals surface area contributed by atoms with Crippen LogP contribution in [-0.4, -0.2) is 36.0 Å². The third kappa shape index (κ3) is 3.67. The molecule has 1 saturated heterocycles. The van der Waals surface area contributed by atoms with Crippen LogP contribution < -0.4 is 0 Å². The first kappa shape index (κ1) is 26.9. The lowest BCUT2D eigenvalue weighted by Crippen LogP contribution is -2.59. The van der Waals surface area contributed by atoms with E-state index in [0.717, 1.165) is 44.9 Å². The van der Waals surface area contributed by atoms with Crippen molar-refractivity contribution in [2.45, 2.75) is 118 Å². The Morgan fingerprint density at radius 2 is 1.67 bits per heavy atom. The summed E-state index contributed by atoms with van der Waals surface area (Å²) in [6.45, 7) is 15.7. The predicted octanol–water partition coefficient (Wildman–Crippen LogP) is 6.95. The fourth-order valence-corrected chi connectivity index (χ4v) is 11.1. The van der Waals surface area contributed by atoms with Crippen molar-refractivity contribution >= 4 is 5.78 Å². The van der Waals surface area contributed by atoms with E-state index in [2.05, 4.69) is 47.6 Å². The van der Waals surface area contributed by atoms with Gasteiger partial charge in [0, 0.05) is 12.8 Å². The Kier molecular flexibility index (Phi) is 7.31. The fraction of sp³-hybridized carbons (Fsp3) is 0.906. The summed E-state index contributed by atoms with van der Waals surface area (Å²) in [6.07, 6.45) is 12.0. The highest BCUT2D eigenvalue weighted by atomic mass is 16.7. The summed E-state index contributed by atoms with van der Waals surface area (Å²) in [6, 6.07) is 0. The molecule has 204 valence electrons. The van der Waals surface area contributed by atoms with Crippen molar-refractivity contribution < 1.29 is 19.4 Å². The first-order valence-electron chi connectivity index (χ1n) is 15.4. The second-order valence-electron chi connectivity index (χ2n) is 13.5. The molecule has 4 fully saturated rings. The summed E-state index contributed by atoms with van der Waals surface area (Å²) in [7, 11) is 0. The van der Waals surface area contributed by atoms with Gasteiger partial charge in [-0.1, -0.05) is 66.4 Å². The minimum Gasteiger partial charge on any atom is -0.389 e. The van der Waals surface area contributed by atoms with Crippen molar-refractivity contribution in [1.82, 2.24) is 0 Å². The van der Waals surface area contributed by atoms with Crippen LogP contribution in [0.2, 0.25) is 0 Å². The molecule has 0 aromatic rings. The number of allylic oxidation sites excluding steroid dienone is 1. The van der Waals surface area contributed by atoms with Gasteiger partial charge in [-0.3, -0.25) is 4.79 Å². The largest absolute Gasteiger partial charge is 0.389 e. The fourth-order valence-electron chi connectivity index (χ4n) is 11.1. The molecule has 4 nitrogen and oxygen atoms in total. The van der Waals surface area contributed by atoms with Gasteiger partial charge in [0.1, 0.15) is 0 Å². The average molecular weight is 501 g/mol. The van der Waals surface area contributed by atoms with E-state index in [1.165, 1.54) is 18.4 Å². The molecule has 3 saturated carbocycles.